The van der Waals surface area contributed by atoms with Crippen LogP contribution in [0.25, 0.3) is 0 Å². The highest BCUT2D eigenvalue weighted by Crippen LogP contribution is 2.50. The molecule has 0 radical (unpaired) electrons. The largest absolute Gasteiger partial charge is 0.506 e. The highest BCUT2D eigenvalue weighted by Gasteiger charge is 2.23. The van der Waals surface area contributed by atoms with Crippen LogP contribution in [0.2, 0.25) is 0 Å². The number of halogens is 2. The van der Waals surface area contributed by atoms with Crippen LogP contribution < -0.4 is 0 Å². The molecule has 3 rings (SSSR count). The number of aryl methyl sites for hydroxylation is 2. The predicted octanol–water partition coefficient (Wildman–Crippen LogP) is 6.71. The Morgan fingerprint density at radius 1 is 0.955 bits per heavy atom. The molecule has 0 atom stereocenters. The summed E-state index contributed by atoms with van der Waals surface area (Å²) in [4.78, 5) is 0. The molecule has 1 heterocycles. The van der Waals surface area contributed by atoms with E-state index in [-0.39, 0.29) is 4.58 Å². The number of phenols is 1. The van der Waals surface area contributed by atoms with E-state index in [0.29, 0.717) is 5.75 Å². The molecule has 0 saturated carbocycles. The van der Waals surface area contributed by atoms with Crippen LogP contribution in [-0.4, -0.2) is 5.11 Å². The first-order valence-electron chi connectivity index (χ1n) is 6.96. The van der Waals surface area contributed by atoms with Crippen molar-refractivity contribution in [2.75, 3.05) is 0 Å². The minimum absolute atomic E-state index is 0.238. The Kier molecular flexibility index (Phi) is 5.17. The molecule has 0 bridgehead atoms. The molecule has 0 aliphatic carbocycles. The summed E-state index contributed by atoms with van der Waals surface area (Å²) in [5.74, 6) is 2.32. The van der Waals surface area contributed by atoms with Crippen molar-refractivity contribution in [3.8, 4) is 5.75 Å². The van der Waals surface area contributed by atoms with E-state index in [1.165, 1.54) is 22.3 Å². The summed E-state index contributed by atoms with van der Waals surface area (Å²) in [5, 5.41) is 10.4. The third-order valence-corrected chi connectivity index (χ3v) is 7.86. The molecule has 5 heteroatoms. The van der Waals surface area contributed by atoms with Gasteiger partial charge in [0.25, 0.3) is 0 Å². The molecule has 0 aromatic heterocycles. The summed E-state index contributed by atoms with van der Waals surface area (Å²) >= 11 is 10.7. The maximum absolute atomic E-state index is 10.4. The van der Waals surface area contributed by atoms with Crippen molar-refractivity contribution in [2.45, 2.75) is 29.9 Å². The third-order valence-electron chi connectivity index (χ3n) is 3.91. The van der Waals surface area contributed by atoms with Gasteiger partial charge in [0.2, 0.25) is 0 Å². The van der Waals surface area contributed by atoms with Gasteiger partial charge in [0.15, 0.2) is 0 Å². The van der Waals surface area contributed by atoms with Gasteiger partial charge in [-0.25, -0.2) is 0 Å². The van der Waals surface area contributed by atoms with Crippen LogP contribution in [-0.2, 0) is 11.5 Å². The summed E-state index contributed by atoms with van der Waals surface area (Å²) in [6.07, 6.45) is 0. The lowest BCUT2D eigenvalue weighted by atomic mass is 10.0. The molecule has 0 unspecified atom stereocenters. The number of thioether (sulfide) groups is 2. The lowest BCUT2D eigenvalue weighted by Gasteiger charge is -2.16. The van der Waals surface area contributed by atoms with Crippen LogP contribution in [0.5, 0.6) is 5.75 Å². The van der Waals surface area contributed by atoms with Crippen LogP contribution in [0.3, 0.4) is 0 Å². The normalized spacial score (nSPS) is 15.5. The Morgan fingerprint density at radius 3 is 2.05 bits per heavy atom. The van der Waals surface area contributed by atoms with Gasteiger partial charge >= 0.3 is 0 Å². The summed E-state index contributed by atoms with van der Waals surface area (Å²) < 4.78 is 1.97. The van der Waals surface area contributed by atoms with Crippen molar-refractivity contribution >= 4 is 55.4 Å². The van der Waals surface area contributed by atoms with Gasteiger partial charge in [-0.15, -0.1) is 23.5 Å². The van der Waals surface area contributed by atoms with Crippen LogP contribution in [0.15, 0.2) is 33.2 Å². The highest BCUT2D eigenvalue weighted by molar-refractivity contribution is 9.11. The van der Waals surface area contributed by atoms with Crippen LogP contribution >= 0.6 is 55.4 Å². The van der Waals surface area contributed by atoms with E-state index in [9.17, 15) is 5.11 Å². The first-order chi connectivity index (χ1) is 10.5. The molecular formula is C17H16Br2OS2. The number of benzene rings is 2. The Labute approximate surface area is 156 Å². The van der Waals surface area contributed by atoms with Crippen molar-refractivity contribution < 1.29 is 5.11 Å². The lowest BCUT2D eigenvalue weighted by Crippen LogP contribution is -1.92. The highest BCUT2D eigenvalue weighted by atomic mass is 79.9. The summed E-state index contributed by atoms with van der Waals surface area (Å²) in [6.45, 7) is 4.35. The van der Waals surface area contributed by atoms with Crippen LogP contribution in [0.4, 0.5) is 0 Å². The molecule has 1 aliphatic heterocycles. The van der Waals surface area contributed by atoms with Crippen molar-refractivity contribution in [1.82, 2.24) is 0 Å². The van der Waals surface area contributed by atoms with Gasteiger partial charge in [-0.05, 0) is 64.2 Å². The fourth-order valence-electron chi connectivity index (χ4n) is 2.53. The standard InChI is InChI=1S/C17H16Br2OS2/c1-9-3-11-7-21-17(22-8-12(11)4-10(9)2)14-5-13(18)6-15(19)16(14)20/h3-6,17,20H,7-8H2,1-2H3. The molecule has 2 aromatic carbocycles. The van der Waals surface area contributed by atoms with E-state index < -0.39 is 0 Å². The first kappa shape index (κ1) is 16.7. The fourth-order valence-corrected chi connectivity index (χ4v) is 6.50. The van der Waals surface area contributed by atoms with Gasteiger partial charge < -0.3 is 5.11 Å². The maximum atomic E-state index is 10.4. The van der Waals surface area contributed by atoms with Crippen molar-refractivity contribution in [3.05, 3.63) is 61.0 Å². The molecule has 1 nitrogen and oxygen atoms in total. The average molecular weight is 460 g/mol. The van der Waals surface area contributed by atoms with Gasteiger partial charge in [-0.3, -0.25) is 0 Å². The molecule has 1 aliphatic rings. The Balaban J connectivity index is 1.92. The van der Waals surface area contributed by atoms with Gasteiger partial charge in [-0.2, -0.15) is 0 Å². The first-order valence-corrected chi connectivity index (χ1v) is 10.6. The van der Waals surface area contributed by atoms with Gasteiger partial charge in [0.1, 0.15) is 5.75 Å². The Hall–Kier alpha value is -0.100. The van der Waals surface area contributed by atoms with E-state index in [2.05, 4.69) is 57.8 Å². The van der Waals surface area contributed by atoms with Crippen LogP contribution in [0, 0.1) is 13.8 Å². The average Bonchev–Trinajstić information content (AvgIpc) is 2.66. The molecule has 116 valence electrons. The Morgan fingerprint density at radius 2 is 1.50 bits per heavy atom. The predicted molar refractivity (Wildman–Crippen MR) is 105 cm³/mol. The topological polar surface area (TPSA) is 20.2 Å². The fraction of sp³-hybridized carbons (Fsp3) is 0.294. The van der Waals surface area contributed by atoms with E-state index in [1.54, 1.807) is 0 Å². The third kappa shape index (κ3) is 3.37. The van der Waals surface area contributed by atoms with Gasteiger partial charge in [-0.1, -0.05) is 28.1 Å². The molecule has 0 saturated heterocycles. The Bertz CT molecular complexity index is 698. The second-order valence-electron chi connectivity index (χ2n) is 5.48. The molecule has 2 aromatic rings. The van der Waals surface area contributed by atoms with Crippen molar-refractivity contribution in [2.24, 2.45) is 0 Å². The zero-order chi connectivity index (χ0) is 15.9. The summed E-state index contributed by atoms with van der Waals surface area (Å²) in [7, 11) is 0. The van der Waals surface area contributed by atoms with E-state index >= 15 is 0 Å². The van der Waals surface area contributed by atoms with Crippen LogP contribution in [0.1, 0.15) is 32.4 Å². The SMILES string of the molecule is Cc1cc2c(cc1C)CSC(c1cc(Br)cc(Br)c1O)SC2. The van der Waals surface area contributed by atoms with E-state index in [4.69, 9.17) is 0 Å². The lowest BCUT2D eigenvalue weighted by molar-refractivity contribution is 0.467. The quantitative estimate of drug-likeness (QED) is 0.511. The number of aromatic hydroxyl groups is 1. The molecule has 0 fully saturated rings. The second kappa shape index (κ2) is 6.80. The molecular weight excluding hydrogens is 444 g/mol. The number of fused-ring (bicyclic) bond motifs is 1. The molecule has 1 N–H and O–H groups in total. The van der Waals surface area contributed by atoms with E-state index in [1.807, 2.05) is 35.7 Å². The second-order valence-corrected chi connectivity index (χ2v) is 9.74. The maximum Gasteiger partial charge on any atom is 0.135 e. The molecule has 22 heavy (non-hydrogen) atoms. The zero-order valence-corrected chi connectivity index (χ0v) is 17.1. The number of rotatable bonds is 1. The van der Waals surface area contributed by atoms with Crippen molar-refractivity contribution in [1.29, 1.82) is 0 Å². The minimum Gasteiger partial charge on any atom is -0.506 e. The van der Waals surface area contributed by atoms with Gasteiger partial charge in [0.05, 0.1) is 9.05 Å². The zero-order valence-electron chi connectivity index (χ0n) is 12.3. The number of hydrogen-bond donors (Lipinski definition) is 1. The smallest absolute Gasteiger partial charge is 0.135 e. The van der Waals surface area contributed by atoms with E-state index in [0.717, 1.165) is 26.0 Å². The molecule has 0 spiro atoms. The van der Waals surface area contributed by atoms with Crippen molar-refractivity contribution in [3.63, 3.8) is 0 Å². The number of hydrogen-bond acceptors (Lipinski definition) is 3. The monoisotopic (exact) mass is 458 g/mol. The summed E-state index contributed by atoms with van der Waals surface area (Å²) in [6, 6.07) is 8.54. The minimum atomic E-state index is 0.238. The number of phenolic OH excluding ortho intramolecular Hbond substituents is 1. The molecule has 0 amide bonds. The van der Waals surface area contributed by atoms with Gasteiger partial charge in [0, 0.05) is 21.5 Å². The summed E-state index contributed by atoms with van der Waals surface area (Å²) in [5.41, 5.74) is 6.55.